The number of carbonyl (C=O) groups is 3. The lowest BCUT2D eigenvalue weighted by atomic mass is 10.0. The molecule has 0 aliphatic carbocycles. The number of ether oxygens (including phenoxy) is 3. The van der Waals surface area contributed by atoms with Crippen molar-refractivity contribution in [2.45, 2.75) is 386 Å². The van der Waals surface area contributed by atoms with E-state index in [0.29, 0.717) is 19.3 Å². The third kappa shape index (κ3) is 66.1. The van der Waals surface area contributed by atoms with Crippen LogP contribution in [-0.4, -0.2) is 37.2 Å². The fourth-order valence-electron chi connectivity index (χ4n) is 10.5. The molecule has 0 spiro atoms. The van der Waals surface area contributed by atoms with Crippen molar-refractivity contribution in [3.63, 3.8) is 0 Å². The SMILES string of the molecule is CCCCCCC/C=C\C/C=C\C/C=C\CCCCCCCCCCCCCCC(=O)OCC(COC(=O)CCCCCCC/C=C\CCCCCCC)OC(=O)CCCCCCCCCCCCCCCCCCCCCC. The van der Waals surface area contributed by atoms with Gasteiger partial charge in [0.1, 0.15) is 13.2 Å². The first-order valence-electron chi connectivity index (χ1n) is 35.1. The summed E-state index contributed by atoms with van der Waals surface area (Å²) in [6.45, 7) is 6.68. The minimum absolute atomic E-state index is 0.0723. The fraction of sp³-hybridized carbons (Fsp3) is 0.849. The van der Waals surface area contributed by atoms with Crippen LogP contribution in [0.15, 0.2) is 48.6 Å². The highest BCUT2D eigenvalue weighted by Gasteiger charge is 2.19. The first-order valence-corrected chi connectivity index (χ1v) is 35.1. The Bertz CT molecular complexity index is 1360. The molecular weight excluding hydrogens is 973 g/mol. The van der Waals surface area contributed by atoms with Crippen LogP contribution in [0.1, 0.15) is 380 Å². The quantitative estimate of drug-likeness (QED) is 0.0261. The van der Waals surface area contributed by atoms with Crippen LogP contribution < -0.4 is 0 Å². The van der Waals surface area contributed by atoms with Crippen molar-refractivity contribution in [1.29, 1.82) is 0 Å². The summed E-state index contributed by atoms with van der Waals surface area (Å²) in [6.07, 6.45) is 85.6. The molecule has 0 saturated heterocycles. The topological polar surface area (TPSA) is 78.9 Å². The molecule has 0 rings (SSSR count). The molecule has 79 heavy (non-hydrogen) atoms. The number of esters is 3. The maximum atomic E-state index is 12.9. The maximum Gasteiger partial charge on any atom is 0.306 e. The lowest BCUT2D eigenvalue weighted by Gasteiger charge is -2.18. The third-order valence-electron chi connectivity index (χ3n) is 15.8. The van der Waals surface area contributed by atoms with E-state index in [-0.39, 0.29) is 31.1 Å². The lowest BCUT2D eigenvalue weighted by Crippen LogP contribution is -2.30. The average Bonchev–Trinajstić information content (AvgIpc) is 3.45. The Morgan fingerprint density at radius 1 is 0.253 bits per heavy atom. The van der Waals surface area contributed by atoms with Crippen LogP contribution in [0.5, 0.6) is 0 Å². The van der Waals surface area contributed by atoms with E-state index >= 15 is 0 Å². The summed E-state index contributed by atoms with van der Waals surface area (Å²) in [5.74, 6) is -0.856. The zero-order valence-corrected chi connectivity index (χ0v) is 53.2. The Morgan fingerprint density at radius 3 is 0.722 bits per heavy atom. The van der Waals surface area contributed by atoms with Crippen LogP contribution in [0, 0.1) is 0 Å². The standard InChI is InChI=1S/C73H134O6/c1-4-7-10-13-16-19-22-25-28-30-32-34-35-36-37-38-39-40-42-43-45-48-51-54-57-60-63-66-72(75)78-69-70(68-77-71(74)65-62-59-56-53-50-47-27-24-21-18-15-12-9-6-3)79-73(76)67-64-61-58-55-52-49-46-44-41-33-31-29-26-23-20-17-14-11-8-5-2/h22,24-25,27,30,32,35-36,70H,4-21,23,26,28-29,31,33-34,37-69H2,1-3H3/b25-22-,27-24-,32-30-,36-35-. The Hall–Kier alpha value is -2.63. The van der Waals surface area contributed by atoms with E-state index in [1.807, 2.05) is 0 Å². The summed E-state index contributed by atoms with van der Waals surface area (Å²) in [6, 6.07) is 0. The highest BCUT2D eigenvalue weighted by molar-refractivity contribution is 5.71. The molecule has 6 heteroatoms. The van der Waals surface area contributed by atoms with Crippen LogP contribution >= 0.6 is 0 Å². The number of hydrogen-bond donors (Lipinski definition) is 0. The van der Waals surface area contributed by atoms with Crippen molar-refractivity contribution in [2.75, 3.05) is 13.2 Å². The van der Waals surface area contributed by atoms with Gasteiger partial charge in [0.05, 0.1) is 0 Å². The van der Waals surface area contributed by atoms with E-state index < -0.39 is 6.10 Å². The maximum absolute atomic E-state index is 12.9. The van der Waals surface area contributed by atoms with Crippen molar-refractivity contribution in [1.82, 2.24) is 0 Å². The van der Waals surface area contributed by atoms with Crippen molar-refractivity contribution >= 4 is 17.9 Å². The van der Waals surface area contributed by atoms with Gasteiger partial charge in [-0.05, 0) is 83.5 Å². The molecule has 1 unspecified atom stereocenters. The molecule has 0 aliphatic rings. The van der Waals surface area contributed by atoms with Crippen LogP contribution in [0.2, 0.25) is 0 Å². The van der Waals surface area contributed by atoms with Gasteiger partial charge in [-0.2, -0.15) is 0 Å². The Labute approximate surface area is 492 Å². The zero-order valence-electron chi connectivity index (χ0n) is 53.2. The number of unbranched alkanes of at least 4 members (excludes halogenated alkanes) is 46. The van der Waals surface area contributed by atoms with Crippen LogP contribution in [0.25, 0.3) is 0 Å². The van der Waals surface area contributed by atoms with Gasteiger partial charge in [-0.1, -0.05) is 326 Å². The van der Waals surface area contributed by atoms with Crippen LogP contribution in [-0.2, 0) is 28.6 Å². The van der Waals surface area contributed by atoms with Crippen molar-refractivity contribution in [3.05, 3.63) is 48.6 Å². The lowest BCUT2D eigenvalue weighted by molar-refractivity contribution is -0.167. The van der Waals surface area contributed by atoms with Crippen molar-refractivity contribution < 1.29 is 28.6 Å². The first kappa shape index (κ1) is 76.4. The molecule has 462 valence electrons. The Morgan fingerprint density at radius 2 is 0.456 bits per heavy atom. The molecule has 0 radical (unpaired) electrons. The first-order chi connectivity index (χ1) is 39.0. The molecule has 0 fully saturated rings. The van der Waals surface area contributed by atoms with Gasteiger partial charge in [0.2, 0.25) is 0 Å². The molecule has 0 amide bonds. The summed E-state index contributed by atoms with van der Waals surface area (Å²) in [5.41, 5.74) is 0. The van der Waals surface area contributed by atoms with E-state index in [4.69, 9.17) is 14.2 Å². The monoisotopic (exact) mass is 1110 g/mol. The van der Waals surface area contributed by atoms with Crippen molar-refractivity contribution in [2.24, 2.45) is 0 Å². The smallest absolute Gasteiger partial charge is 0.306 e. The van der Waals surface area contributed by atoms with Gasteiger partial charge in [0, 0.05) is 19.3 Å². The van der Waals surface area contributed by atoms with Gasteiger partial charge < -0.3 is 14.2 Å². The molecule has 0 aliphatic heterocycles. The molecule has 1 atom stereocenters. The number of carbonyl (C=O) groups excluding carboxylic acids is 3. The fourth-order valence-corrected chi connectivity index (χ4v) is 10.5. The Kier molecular flexibility index (Phi) is 65.6. The number of hydrogen-bond acceptors (Lipinski definition) is 6. The minimum Gasteiger partial charge on any atom is -0.462 e. The van der Waals surface area contributed by atoms with Gasteiger partial charge in [0.25, 0.3) is 0 Å². The van der Waals surface area contributed by atoms with Crippen LogP contribution in [0.4, 0.5) is 0 Å². The summed E-state index contributed by atoms with van der Waals surface area (Å²) in [4.78, 5) is 38.4. The molecule has 0 N–H and O–H groups in total. The predicted octanol–water partition coefficient (Wildman–Crippen LogP) is 24.1. The van der Waals surface area contributed by atoms with E-state index in [1.165, 1.54) is 263 Å². The van der Waals surface area contributed by atoms with Gasteiger partial charge in [0.15, 0.2) is 6.10 Å². The zero-order chi connectivity index (χ0) is 57.1. The van der Waals surface area contributed by atoms with Crippen molar-refractivity contribution in [3.8, 4) is 0 Å². The molecule has 6 nitrogen and oxygen atoms in total. The minimum atomic E-state index is -0.776. The second-order valence-electron chi connectivity index (χ2n) is 23.8. The van der Waals surface area contributed by atoms with Crippen LogP contribution in [0.3, 0.4) is 0 Å². The van der Waals surface area contributed by atoms with E-state index in [9.17, 15) is 14.4 Å². The second-order valence-corrected chi connectivity index (χ2v) is 23.8. The molecule has 0 heterocycles. The van der Waals surface area contributed by atoms with Gasteiger partial charge >= 0.3 is 17.9 Å². The van der Waals surface area contributed by atoms with E-state index in [0.717, 1.165) is 77.0 Å². The van der Waals surface area contributed by atoms with E-state index in [2.05, 4.69) is 69.4 Å². The molecule has 0 bridgehead atoms. The molecule has 0 aromatic heterocycles. The number of rotatable bonds is 65. The third-order valence-corrected chi connectivity index (χ3v) is 15.8. The average molecular weight is 1110 g/mol. The molecule has 0 saturated carbocycles. The normalized spacial score (nSPS) is 12.3. The molecule has 0 aromatic rings. The Balaban J connectivity index is 4.26. The number of allylic oxidation sites excluding steroid dienone is 8. The molecular formula is C73H134O6. The summed E-state index contributed by atoms with van der Waals surface area (Å²) < 4.78 is 17.0. The predicted molar refractivity (Wildman–Crippen MR) is 344 cm³/mol. The largest absolute Gasteiger partial charge is 0.462 e. The second kappa shape index (κ2) is 67.9. The summed E-state index contributed by atoms with van der Waals surface area (Å²) in [5, 5.41) is 0. The van der Waals surface area contributed by atoms with E-state index in [1.54, 1.807) is 0 Å². The van der Waals surface area contributed by atoms with Gasteiger partial charge in [-0.3, -0.25) is 14.4 Å². The van der Waals surface area contributed by atoms with Gasteiger partial charge in [-0.25, -0.2) is 0 Å². The highest BCUT2D eigenvalue weighted by Crippen LogP contribution is 2.18. The molecule has 0 aromatic carbocycles. The summed E-state index contributed by atoms with van der Waals surface area (Å²) in [7, 11) is 0. The van der Waals surface area contributed by atoms with Gasteiger partial charge in [-0.15, -0.1) is 0 Å². The summed E-state index contributed by atoms with van der Waals surface area (Å²) >= 11 is 0. The highest BCUT2D eigenvalue weighted by atomic mass is 16.6.